The van der Waals surface area contributed by atoms with Gasteiger partial charge >= 0.3 is 6.03 Å². The minimum Gasteiger partial charge on any atom is -0.344 e. The first-order valence-electron chi connectivity index (χ1n) is 19.9. The molecule has 7 nitrogen and oxygen atoms in total. The van der Waals surface area contributed by atoms with Crippen molar-refractivity contribution in [1.82, 2.24) is 9.80 Å². The summed E-state index contributed by atoms with van der Waals surface area (Å²) in [5.41, 5.74) is 9.70. The molecular formula is C46H58N4O3. The number of barbiturate groups is 1. The van der Waals surface area contributed by atoms with Gasteiger partial charge < -0.3 is 9.80 Å². The molecule has 0 atom stereocenters. The molecule has 2 aromatic carbocycles. The van der Waals surface area contributed by atoms with Crippen LogP contribution >= 0.6 is 0 Å². The molecule has 0 bridgehead atoms. The van der Waals surface area contributed by atoms with E-state index < -0.39 is 17.8 Å². The number of unbranched alkanes of at least 4 members (excludes halogenated alkanes) is 2. The van der Waals surface area contributed by atoms with Crippen molar-refractivity contribution in [3.05, 3.63) is 118 Å². The van der Waals surface area contributed by atoms with Crippen LogP contribution in [0.4, 0.5) is 16.2 Å². The lowest BCUT2D eigenvalue weighted by Crippen LogP contribution is -2.57. The number of anilines is 2. The number of amides is 4. The third kappa shape index (κ3) is 6.61. The molecular weight excluding hydrogens is 657 g/mol. The van der Waals surface area contributed by atoms with Crippen LogP contribution in [-0.4, -0.2) is 53.8 Å². The van der Waals surface area contributed by atoms with E-state index in [1.54, 1.807) is 0 Å². The average Bonchev–Trinajstić information content (AvgIpc) is 3.51. The standard InChI is InChI=1S/C46H58N4O3/c1-9-13-30-49-42(51)41(43(52)50(44(49)53)31-14-10-2)40-32(26-28-38-45(5,6)34-22-15-17-24-36(34)47(38)11-3)20-19-21-33(40)27-29-39-46(7,8)35-23-16-18-25-37(35)48(39)12-4/h15-18,22-29H,9-14,19-21,30-31H2,1-8H3/b32-26+,33-27+,38-28-,39-29+. The molecule has 6 rings (SSSR count). The second-order valence-electron chi connectivity index (χ2n) is 15.8. The molecule has 4 amide bonds. The second kappa shape index (κ2) is 15.4. The van der Waals surface area contributed by atoms with Crippen LogP contribution in [0, 0.1) is 0 Å². The molecule has 1 saturated carbocycles. The number of imide groups is 2. The normalized spacial score (nSPS) is 22.7. The Hall–Kier alpha value is -4.65. The lowest BCUT2D eigenvalue weighted by molar-refractivity contribution is -0.136. The summed E-state index contributed by atoms with van der Waals surface area (Å²) in [6.45, 7) is 19.8. The van der Waals surface area contributed by atoms with Gasteiger partial charge in [-0.05, 0) is 98.1 Å². The number of hydrogen-bond donors (Lipinski definition) is 0. The molecule has 3 aliphatic heterocycles. The van der Waals surface area contributed by atoms with Crippen LogP contribution in [0.2, 0.25) is 0 Å². The Morgan fingerprint density at radius 3 is 1.38 bits per heavy atom. The topological polar surface area (TPSA) is 64.2 Å². The van der Waals surface area contributed by atoms with E-state index in [-0.39, 0.29) is 16.4 Å². The van der Waals surface area contributed by atoms with Crippen molar-refractivity contribution in [2.45, 2.75) is 111 Å². The summed E-state index contributed by atoms with van der Waals surface area (Å²) in [6.07, 6.45) is 14.1. The first kappa shape index (κ1) is 38.1. The lowest BCUT2D eigenvalue weighted by Gasteiger charge is -2.36. The molecule has 0 spiro atoms. The summed E-state index contributed by atoms with van der Waals surface area (Å²) in [5.74, 6) is -0.939. The zero-order chi connectivity index (χ0) is 38.1. The van der Waals surface area contributed by atoms with Gasteiger partial charge in [0.2, 0.25) is 0 Å². The second-order valence-corrected chi connectivity index (χ2v) is 15.8. The summed E-state index contributed by atoms with van der Waals surface area (Å²) in [4.78, 5) is 50.3. The fourth-order valence-corrected chi connectivity index (χ4v) is 8.82. The van der Waals surface area contributed by atoms with Crippen LogP contribution in [0.1, 0.15) is 111 Å². The number of fused-ring (bicyclic) bond motifs is 2. The van der Waals surface area contributed by atoms with Gasteiger partial charge in [0.1, 0.15) is 5.57 Å². The smallest absolute Gasteiger partial charge is 0.333 e. The van der Waals surface area contributed by atoms with Gasteiger partial charge in [0, 0.05) is 59.8 Å². The minimum atomic E-state index is -0.490. The Labute approximate surface area is 317 Å². The Morgan fingerprint density at radius 1 is 0.566 bits per heavy atom. The number of carbonyl (C=O) groups is 3. The van der Waals surface area contributed by atoms with E-state index in [9.17, 15) is 14.4 Å². The Bertz CT molecular complexity index is 1810. The number of nitrogens with zero attached hydrogens (tertiary/aromatic N) is 4. The fourth-order valence-electron chi connectivity index (χ4n) is 8.82. The van der Waals surface area contributed by atoms with E-state index in [2.05, 4.69) is 124 Å². The van der Waals surface area contributed by atoms with Gasteiger partial charge in [0.15, 0.2) is 0 Å². The largest absolute Gasteiger partial charge is 0.344 e. The van der Waals surface area contributed by atoms with Gasteiger partial charge in [-0.2, -0.15) is 0 Å². The van der Waals surface area contributed by atoms with Gasteiger partial charge in [0.25, 0.3) is 11.8 Å². The Kier molecular flexibility index (Phi) is 11.0. The SMILES string of the molecule is CCCCN1C(=O)C(=C2/C(=C/C=C3\N(CC)c4ccccc4C3(C)C)CCC/C2=C\C=C2\N(CC)c3ccccc3C2(C)C)C(=O)N(CCCC)C1=O. The molecule has 0 aromatic heterocycles. The maximum absolute atomic E-state index is 14.6. The number of carbonyl (C=O) groups excluding carboxylic acids is 3. The molecule has 0 unspecified atom stereocenters. The van der Waals surface area contributed by atoms with Gasteiger partial charge in [-0.3, -0.25) is 19.4 Å². The minimum absolute atomic E-state index is 0.133. The zero-order valence-electron chi connectivity index (χ0n) is 33.2. The van der Waals surface area contributed by atoms with E-state index in [4.69, 9.17) is 0 Å². The highest BCUT2D eigenvalue weighted by molar-refractivity contribution is 6.29. The van der Waals surface area contributed by atoms with Gasteiger partial charge in [-0.1, -0.05) is 103 Å². The summed E-state index contributed by atoms with van der Waals surface area (Å²) >= 11 is 0. The van der Waals surface area contributed by atoms with Crippen LogP contribution in [0.25, 0.3) is 0 Å². The summed E-state index contributed by atoms with van der Waals surface area (Å²) in [5, 5.41) is 0. The number of hydrogen-bond acceptors (Lipinski definition) is 5. The predicted octanol–water partition coefficient (Wildman–Crippen LogP) is 10.1. The number of benzene rings is 2. The number of urea groups is 1. The van der Waals surface area contributed by atoms with Crippen molar-refractivity contribution in [2.75, 3.05) is 36.0 Å². The van der Waals surface area contributed by atoms with Crippen molar-refractivity contribution in [3.8, 4) is 0 Å². The molecule has 3 heterocycles. The zero-order valence-corrected chi connectivity index (χ0v) is 33.2. The number of rotatable bonds is 10. The van der Waals surface area contributed by atoms with Crippen LogP contribution in [0.15, 0.2) is 107 Å². The molecule has 4 aliphatic rings. The number of para-hydroxylation sites is 2. The first-order valence-corrected chi connectivity index (χ1v) is 19.9. The lowest BCUT2D eigenvalue weighted by atomic mass is 9.79. The molecule has 1 saturated heterocycles. The van der Waals surface area contributed by atoms with E-state index in [1.165, 1.54) is 43.7 Å². The van der Waals surface area contributed by atoms with Crippen molar-refractivity contribution in [3.63, 3.8) is 0 Å². The van der Waals surface area contributed by atoms with Crippen LogP contribution < -0.4 is 9.80 Å². The van der Waals surface area contributed by atoms with Crippen molar-refractivity contribution in [2.24, 2.45) is 0 Å². The number of likely N-dealkylation sites (N-methyl/N-ethyl adjacent to an activating group) is 2. The van der Waals surface area contributed by atoms with E-state index in [0.717, 1.165) is 56.3 Å². The first-order chi connectivity index (χ1) is 25.4. The molecule has 2 fully saturated rings. The third-order valence-corrected chi connectivity index (χ3v) is 11.8. The fraction of sp³-hybridized carbons (Fsp3) is 0.457. The molecule has 0 N–H and O–H groups in total. The summed E-state index contributed by atoms with van der Waals surface area (Å²) < 4.78 is 0. The molecule has 0 radical (unpaired) electrons. The van der Waals surface area contributed by atoms with Crippen LogP contribution in [0.3, 0.4) is 0 Å². The highest BCUT2D eigenvalue weighted by Crippen LogP contribution is 2.49. The molecule has 53 heavy (non-hydrogen) atoms. The highest BCUT2D eigenvalue weighted by atomic mass is 16.2. The van der Waals surface area contributed by atoms with Gasteiger partial charge in [0.05, 0.1) is 0 Å². The molecule has 7 heteroatoms. The third-order valence-electron chi connectivity index (χ3n) is 11.8. The maximum Gasteiger partial charge on any atom is 0.333 e. The summed E-state index contributed by atoms with van der Waals surface area (Å²) in [6, 6.07) is 16.7. The molecule has 1 aliphatic carbocycles. The van der Waals surface area contributed by atoms with Gasteiger partial charge in [-0.25, -0.2) is 4.79 Å². The van der Waals surface area contributed by atoms with Crippen molar-refractivity contribution >= 4 is 29.2 Å². The highest BCUT2D eigenvalue weighted by Gasteiger charge is 2.45. The predicted molar refractivity (Wildman–Crippen MR) is 217 cm³/mol. The van der Waals surface area contributed by atoms with Crippen molar-refractivity contribution in [1.29, 1.82) is 0 Å². The van der Waals surface area contributed by atoms with Crippen LogP contribution in [0.5, 0.6) is 0 Å². The molecule has 280 valence electrons. The number of allylic oxidation sites excluding steroid dienone is 9. The average molecular weight is 715 g/mol. The van der Waals surface area contributed by atoms with E-state index in [1.807, 2.05) is 13.8 Å². The monoisotopic (exact) mass is 714 g/mol. The van der Waals surface area contributed by atoms with Crippen LogP contribution in [-0.2, 0) is 20.4 Å². The Morgan fingerprint density at radius 2 is 0.981 bits per heavy atom. The molecule has 2 aromatic rings. The van der Waals surface area contributed by atoms with E-state index in [0.29, 0.717) is 31.5 Å². The maximum atomic E-state index is 14.6. The Balaban J connectivity index is 1.56. The summed E-state index contributed by atoms with van der Waals surface area (Å²) in [7, 11) is 0. The van der Waals surface area contributed by atoms with Gasteiger partial charge in [-0.15, -0.1) is 0 Å². The van der Waals surface area contributed by atoms with Crippen molar-refractivity contribution < 1.29 is 14.4 Å². The quantitative estimate of drug-likeness (QED) is 0.181. The van der Waals surface area contributed by atoms with E-state index >= 15 is 0 Å².